The fourth-order valence-electron chi connectivity index (χ4n) is 2.76. The number of benzene rings is 2. The average Bonchev–Trinajstić information content (AvgIpc) is 2.67. The van der Waals surface area contributed by atoms with Crippen molar-refractivity contribution in [2.45, 2.75) is 6.54 Å². The van der Waals surface area contributed by atoms with Crippen LogP contribution in [0.1, 0.15) is 5.56 Å². The Labute approximate surface area is 141 Å². The number of fused-ring (bicyclic) bond motifs is 1. The predicted octanol–water partition coefficient (Wildman–Crippen LogP) is 4.91. The van der Waals surface area contributed by atoms with E-state index < -0.39 is 0 Å². The summed E-state index contributed by atoms with van der Waals surface area (Å²) in [6, 6.07) is 26.8. The minimum absolute atomic E-state index is 0.728. The van der Waals surface area contributed by atoms with Crippen LogP contribution in [0, 0.1) is 0 Å². The Hall–Kier alpha value is -3.20. The summed E-state index contributed by atoms with van der Waals surface area (Å²) >= 11 is 0. The van der Waals surface area contributed by atoms with Crippen LogP contribution in [-0.2, 0) is 6.54 Å². The van der Waals surface area contributed by atoms with Crippen LogP contribution in [-0.4, -0.2) is 9.97 Å². The maximum atomic E-state index is 4.74. The van der Waals surface area contributed by atoms with Crippen LogP contribution in [0.15, 0.2) is 85.1 Å². The first-order valence-electron chi connectivity index (χ1n) is 7.99. The van der Waals surface area contributed by atoms with E-state index in [2.05, 4.69) is 40.6 Å². The molecule has 0 unspecified atom stereocenters. The van der Waals surface area contributed by atoms with Crippen LogP contribution >= 0.6 is 0 Å². The van der Waals surface area contributed by atoms with Crippen molar-refractivity contribution in [3.05, 3.63) is 90.6 Å². The monoisotopic (exact) mass is 311 g/mol. The molecular formula is C21H17N3. The van der Waals surface area contributed by atoms with Crippen LogP contribution in [0.25, 0.3) is 22.2 Å². The summed E-state index contributed by atoms with van der Waals surface area (Å²) < 4.78 is 0. The highest BCUT2D eigenvalue weighted by molar-refractivity contribution is 5.87. The fourth-order valence-corrected chi connectivity index (χ4v) is 2.76. The van der Waals surface area contributed by atoms with Gasteiger partial charge in [-0.3, -0.25) is 0 Å². The molecule has 0 saturated heterocycles. The highest BCUT2D eigenvalue weighted by atomic mass is 15.0. The van der Waals surface area contributed by atoms with Crippen LogP contribution in [0.3, 0.4) is 0 Å². The Kier molecular flexibility index (Phi) is 3.90. The number of nitrogens with zero attached hydrogens (tertiary/aromatic N) is 2. The minimum atomic E-state index is 0.728. The Balaban J connectivity index is 1.77. The summed E-state index contributed by atoms with van der Waals surface area (Å²) in [7, 11) is 0. The van der Waals surface area contributed by atoms with E-state index >= 15 is 0 Å². The third-order valence-corrected chi connectivity index (χ3v) is 3.98. The van der Waals surface area contributed by atoms with E-state index in [1.807, 2.05) is 48.5 Å². The molecule has 3 nitrogen and oxygen atoms in total. The molecular weight excluding hydrogens is 294 g/mol. The molecule has 4 aromatic rings. The van der Waals surface area contributed by atoms with E-state index in [9.17, 15) is 0 Å². The molecule has 24 heavy (non-hydrogen) atoms. The van der Waals surface area contributed by atoms with Crippen molar-refractivity contribution in [1.82, 2.24) is 9.97 Å². The number of hydrogen-bond acceptors (Lipinski definition) is 3. The van der Waals surface area contributed by atoms with Gasteiger partial charge in [-0.25, -0.2) is 9.97 Å². The molecule has 1 N–H and O–H groups in total. The molecule has 2 aromatic carbocycles. The van der Waals surface area contributed by atoms with Crippen molar-refractivity contribution < 1.29 is 0 Å². The van der Waals surface area contributed by atoms with Gasteiger partial charge in [0.2, 0.25) is 0 Å². The van der Waals surface area contributed by atoms with E-state index in [0.717, 1.165) is 34.5 Å². The van der Waals surface area contributed by atoms with Gasteiger partial charge in [0.15, 0.2) is 5.65 Å². The van der Waals surface area contributed by atoms with Crippen molar-refractivity contribution in [2.75, 3.05) is 5.32 Å². The second-order valence-electron chi connectivity index (χ2n) is 5.64. The second-order valence-corrected chi connectivity index (χ2v) is 5.64. The van der Waals surface area contributed by atoms with Crippen molar-refractivity contribution >= 4 is 16.9 Å². The molecule has 2 heterocycles. The highest BCUT2D eigenvalue weighted by Gasteiger charge is 2.09. The lowest BCUT2D eigenvalue weighted by Crippen LogP contribution is -2.03. The smallest absolute Gasteiger partial charge is 0.161 e. The SMILES string of the molecule is c1ccc(CNc2nc3ncccc3cc2-c2ccccc2)cc1. The zero-order valence-corrected chi connectivity index (χ0v) is 13.2. The minimum Gasteiger partial charge on any atom is -0.365 e. The number of anilines is 1. The number of hydrogen-bond donors (Lipinski definition) is 1. The Bertz CT molecular complexity index is 950. The van der Waals surface area contributed by atoms with E-state index in [0.29, 0.717) is 0 Å². The van der Waals surface area contributed by atoms with Gasteiger partial charge in [0.25, 0.3) is 0 Å². The first kappa shape index (κ1) is 14.4. The molecule has 0 saturated carbocycles. The summed E-state index contributed by atoms with van der Waals surface area (Å²) in [6.45, 7) is 0.728. The van der Waals surface area contributed by atoms with Gasteiger partial charge in [-0.05, 0) is 29.3 Å². The van der Waals surface area contributed by atoms with Gasteiger partial charge in [0.05, 0.1) is 0 Å². The van der Waals surface area contributed by atoms with Crippen molar-refractivity contribution in [3.63, 3.8) is 0 Å². The van der Waals surface area contributed by atoms with Crippen LogP contribution < -0.4 is 5.32 Å². The van der Waals surface area contributed by atoms with Gasteiger partial charge in [-0.2, -0.15) is 0 Å². The van der Waals surface area contributed by atoms with Gasteiger partial charge in [0.1, 0.15) is 5.82 Å². The van der Waals surface area contributed by atoms with Crippen molar-refractivity contribution in [3.8, 4) is 11.1 Å². The molecule has 4 rings (SSSR count). The molecule has 0 spiro atoms. The topological polar surface area (TPSA) is 37.8 Å². The molecule has 0 radical (unpaired) electrons. The lowest BCUT2D eigenvalue weighted by atomic mass is 10.0. The number of aromatic nitrogens is 2. The van der Waals surface area contributed by atoms with Gasteiger partial charge in [-0.15, -0.1) is 0 Å². The molecule has 0 aliphatic heterocycles. The van der Waals surface area contributed by atoms with E-state index in [1.165, 1.54) is 5.56 Å². The predicted molar refractivity (Wildman–Crippen MR) is 98.7 cm³/mol. The zero-order valence-electron chi connectivity index (χ0n) is 13.2. The number of rotatable bonds is 4. The molecule has 0 bridgehead atoms. The molecule has 0 atom stereocenters. The fraction of sp³-hybridized carbons (Fsp3) is 0.0476. The van der Waals surface area contributed by atoms with Crippen LogP contribution in [0.2, 0.25) is 0 Å². The summed E-state index contributed by atoms with van der Waals surface area (Å²) in [5, 5.41) is 4.51. The summed E-state index contributed by atoms with van der Waals surface area (Å²) in [5.74, 6) is 0.858. The van der Waals surface area contributed by atoms with Crippen LogP contribution in [0.4, 0.5) is 5.82 Å². The highest BCUT2D eigenvalue weighted by Crippen LogP contribution is 2.29. The molecule has 3 heteroatoms. The molecule has 116 valence electrons. The molecule has 0 amide bonds. The third-order valence-electron chi connectivity index (χ3n) is 3.98. The van der Waals surface area contributed by atoms with Crippen LogP contribution in [0.5, 0.6) is 0 Å². The summed E-state index contributed by atoms with van der Waals surface area (Å²) in [5.41, 5.74) is 4.21. The van der Waals surface area contributed by atoms with Gasteiger partial charge < -0.3 is 5.32 Å². The lowest BCUT2D eigenvalue weighted by molar-refractivity contribution is 1.12. The molecule has 2 aromatic heterocycles. The Morgan fingerprint density at radius 1 is 0.792 bits per heavy atom. The van der Waals surface area contributed by atoms with E-state index in [1.54, 1.807) is 6.20 Å². The quantitative estimate of drug-likeness (QED) is 0.582. The third kappa shape index (κ3) is 2.97. The number of pyridine rings is 2. The van der Waals surface area contributed by atoms with Gasteiger partial charge in [-0.1, -0.05) is 60.7 Å². The van der Waals surface area contributed by atoms with E-state index in [4.69, 9.17) is 4.98 Å². The first-order chi connectivity index (χ1) is 11.9. The van der Waals surface area contributed by atoms with Crippen molar-refractivity contribution in [1.29, 1.82) is 0 Å². The van der Waals surface area contributed by atoms with Gasteiger partial charge >= 0.3 is 0 Å². The standard InChI is InChI=1S/C21H17N3/c1-3-8-16(9-4-1)15-23-21-19(17-10-5-2-6-11-17)14-18-12-7-13-22-20(18)24-21/h1-14H,15H2,(H,22,23,24). The Morgan fingerprint density at radius 2 is 1.54 bits per heavy atom. The molecule has 0 aliphatic carbocycles. The number of nitrogens with one attached hydrogen (secondary N) is 1. The van der Waals surface area contributed by atoms with Gasteiger partial charge in [0, 0.05) is 23.7 Å². The molecule has 0 aliphatic rings. The lowest BCUT2D eigenvalue weighted by Gasteiger charge is -2.13. The van der Waals surface area contributed by atoms with Crippen molar-refractivity contribution in [2.24, 2.45) is 0 Å². The van der Waals surface area contributed by atoms with E-state index in [-0.39, 0.29) is 0 Å². The normalized spacial score (nSPS) is 10.7. The maximum Gasteiger partial charge on any atom is 0.161 e. The molecule has 0 fully saturated rings. The summed E-state index contributed by atoms with van der Waals surface area (Å²) in [6.07, 6.45) is 1.78. The Morgan fingerprint density at radius 3 is 2.33 bits per heavy atom. The average molecular weight is 311 g/mol. The summed E-state index contributed by atoms with van der Waals surface area (Å²) in [4.78, 5) is 9.12. The largest absolute Gasteiger partial charge is 0.365 e. The first-order valence-corrected chi connectivity index (χ1v) is 7.99. The zero-order chi connectivity index (χ0) is 16.2. The maximum absolute atomic E-state index is 4.74. The second kappa shape index (κ2) is 6.50.